The van der Waals surface area contributed by atoms with Crippen molar-refractivity contribution in [3.8, 4) is 0 Å². The molecule has 160 valence electrons. The Morgan fingerprint density at radius 2 is 1.62 bits per heavy atom. The highest BCUT2D eigenvalue weighted by Crippen LogP contribution is 2.23. The Morgan fingerprint density at radius 3 is 2.17 bits per heavy atom. The van der Waals surface area contributed by atoms with Gasteiger partial charge in [-0.25, -0.2) is 8.42 Å². The maximum absolute atomic E-state index is 12.8. The fraction of sp³-hybridized carbons (Fsp3) is 0.600. The van der Waals surface area contributed by atoms with Gasteiger partial charge in [0.1, 0.15) is 0 Å². The summed E-state index contributed by atoms with van der Waals surface area (Å²) in [6.45, 7) is 4.88. The van der Waals surface area contributed by atoms with Crippen molar-refractivity contribution in [2.24, 2.45) is 11.7 Å². The van der Waals surface area contributed by atoms with Gasteiger partial charge in [-0.2, -0.15) is 4.31 Å². The lowest BCUT2D eigenvalue weighted by Crippen LogP contribution is -2.46. The molecule has 2 fully saturated rings. The van der Waals surface area contributed by atoms with Crippen LogP contribution in [-0.2, 0) is 14.8 Å². The number of primary amides is 1. The molecule has 2 amide bonds. The van der Waals surface area contributed by atoms with Gasteiger partial charge in [0.25, 0.3) is 5.91 Å². The second-order valence-electron chi connectivity index (χ2n) is 8.10. The third-order valence-electron chi connectivity index (χ3n) is 5.80. The van der Waals surface area contributed by atoms with E-state index in [0.29, 0.717) is 37.7 Å². The van der Waals surface area contributed by atoms with Gasteiger partial charge in [0.05, 0.1) is 11.4 Å². The Labute approximate surface area is 172 Å². The van der Waals surface area contributed by atoms with Crippen LogP contribution in [-0.4, -0.2) is 68.2 Å². The van der Waals surface area contributed by atoms with Crippen LogP contribution in [0, 0.1) is 5.92 Å². The number of likely N-dealkylation sites (tertiary alicyclic amines) is 1. The number of piperidine rings is 2. The van der Waals surface area contributed by atoms with Crippen LogP contribution in [0.5, 0.6) is 0 Å². The molecule has 29 heavy (non-hydrogen) atoms. The molecule has 0 aromatic heterocycles. The number of amides is 2. The molecular weight excluding hydrogens is 392 g/mol. The summed E-state index contributed by atoms with van der Waals surface area (Å²) in [6, 6.07) is 6.19. The fourth-order valence-electron chi connectivity index (χ4n) is 3.88. The molecule has 9 heteroatoms. The quantitative estimate of drug-likeness (QED) is 0.704. The Bertz CT molecular complexity index is 825. The van der Waals surface area contributed by atoms with Gasteiger partial charge in [-0.15, -0.1) is 0 Å². The van der Waals surface area contributed by atoms with Crippen LogP contribution in [0.25, 0.3) is 0 Å². The molecule has 1 aromatic rings. The van der Waals surface area contributed by atoms with E-state index in [1.54, 1.807) is 12.1 Å². The lowest BCUT2D eigenvalue weighted by atomic mass is 10.0. The first-order valence-electron chi connectivity index (χ1n) is 10.2. The number of carbonyl (C=O) groups is 2. The first-order chi connectivity index (χ1) is 13.8. The Kier molecular flexibility index (Phi) is 6.92. The van der Waals surface area contributed by atoms with E-state index in [1.165, 1.54) is 16.4 Å². The zero-order chi connectivity index (χ0) is 21.0. The fourth-order valence-corrected chi connectivity index (χ4v) is 5.35. The largest absolute Gasteiger partial charge is 0.369 e. The van der Waals surface area contributed by atoms with Gasteiger partial charge in [0, 0.05) is 37.8 Å². The van der Waals surface area contributed by atoms with E-state index in [0.717, 1.165) is 25.7 Å². The topological polar surface area (TPSA) is 113 Å². The minimum Gasteiger partial charge on any atom is -0.369 e. The Morgan fingerprint density at radius 1 is 1.03 bits per heavy atom. The number of carbonyl (C=O) groups excluding carboxylic acids is 2. The standard InChI is InChI=1S/C20H30N4O4S/c1-15-6-12-24(13-7-15)29(27,28)18-4-2-16(3-5-18)20(26)22-17-8-10-23(11-9-17)14-19(21)25/h2-5,15,17H,6-14H2,1H3,(H2,21,25)(H,22,26). The molecule has 2 heterocycles. The van der Waals surface area contributed by atoms with E-state index in [2.05, 4.69) is 12.2 Å². The van der Waals surface area contributed by atoms with E-state index < -0.39 is 10.0 Å². The van der Waals surface area contributed by atoms with Crippen molar-refractivity contribution in [3.05, 3.63) is 29.8 Å². The molecule has 3 N–H and O–H groups in total. The van der Waals surface area contributed by atoms with Gasteiger partial charge in [-0.1, -0.05) is 6.92 Å². The van der Waals surface area contributed by atoms with E-state index in [9.17, 15) is 18.0 Å². The van der Waals surface area contributed by atoms with Crippen molar-refractivity contribution in [2.45, 2.75) is 43.5 Å². The monoisotopic (exact) mass is 422 g/mol. The van der Waals surface area contributed by atoms with Crippen molar-refractivity contribution in [2.75, 3.05) is 32.7 Å². The number of rotatable bonds is 6. The van der Waals surface area contributed by atoms with Crippen LogP contribution in [0.1, 0.15) is 43.0 Å². The summed E-state index contributed by atoms with van der Waals surface area (Å²) < 4.78 is 27.1. The Hall–Kier alpha value is -1.97. The molecule has 2 aliphatic heterocycles. The Balaban J connectivity index is 1.56. The normalized spacial score (nSPS) is 20.4. The van der Waals surface area contributed by atoms with Gasteiger partial charge in [-0.3, -0.25) is 14.5 Å². The SMILES string of the molecule is CC1CCN(S(=O)(=O)c2ccc(C(=O)NC3CCN(CC(N)=O)CC3)cc2)CC1. The predicted molar refractivity (Wildman–Crippen MR) is 110 cm³/mol. The highest BCUT2D eigenvalue weighted by atomic mass is 32.2. The number of nitrogens with zero attached hydrogens (tertiary/aromatic N) is 2. The summed E-state index contributed by atoms with van der Waals surface area (Å²) in [5.74, 6) is -0.00845. The molecule has 2 aliphatic rings. The maximum Gasteiger partial charge on any atom is 0.251 e. The number of sulfonamides is 1. The zero-order valence-electron chi connectivity index (χ0n) is 16.8. The highest BCUT2D eigenvalue weighted by molar-refractivity contribution is 7.89. The average Bonchev–Trinajstić information content (AvgIpc) is 2.69. The molecular formula is C20H30N4O4S. The van der Waals surface area contributed by atoms with Crippen LogP contribution in [0.4, 0.5) is 0 Å². The van der Waals surface area contributed by atoms with Crippen LogP contribution in [0.2, 0.25) is 0 Å². The molecule has 3 rings (SSSR count). The van der Waals surface area contributed by atoms with Crippen molar-refractivity contribution in [3.63, 3.8) is 0 Å². The lowest BCUT2D eigenvalue weighted by molar-refractivity contribution is -0.119. The molecule has 0 saturated carbocycles. The van der Waals surface area contributed by atoms with Gasteiger partial charge < -0.3 is 11.1 Å². The zero-order valence-corrected chi connectivity index (χ0v) is 17.7. The van der Waals surface area contributed by atoms with Crippen LogP contribution >= 0.6 is 0 Å². The summed E-state index contributed by atoms with van der Waals surface area (Å²) in [4.78, 5) is 25.7. The van der Waals surface area contributed by atoms with Crippen molar-refractivity contribution in [1.82, 2.24) is 14.5 Å². The second kappa shape index (κ2) is 9.23. The van der Waals surface area contributed by atoms with Gasteiger partial charge >= 0.3 is 0 Å². The molecule has 0 bridgehead atoms. The first-order valence-corrected chi connectivity index (χ1v) is 11.6. The first kappa shape index (κ1) is 21.7. The molecule has 0 spiro atoms. The smallest absolute Gasteiger partial charge is 0.251 e. The van der Waals surface area contributed by atoms with E-state index in [4.69, 9.17) is 5.73 Å². The van der Waals surface area contributed by atoms with E-state index in [-0.39, 0.29) is 29.3 Å². The molecule has 0 aliphatic carbocycles. The van der Waals surface area contributed by atoms with E-state index in [1.807, 2.05) is 4.90 Å². The minimum absolute atomic E-state index is 0.0328. The summed E-state index contributed by atoms with van der Waals surface area (Å²) in [7, 11) is -3.51. The highest BCUT2D eigenvalue weighted by Gasteiger charge is 2.28. The molecule has 2 saturated heterocycles. The van der Waals surface area contributed by atoms with Gasteiger partial charge in [-0.05, 0) is 55.9 Å². The molecule has 1 aromatic carbocycles. The maximum atomic E-state index is 12.8. The van der Waals surface area contributed by atoms with Gasteiger partial charge in [0.15, 0.2) is 0 Å². The summed E-state index contributed by atoms with van der Waals surface area (Å²) >= 11 is 0. The predicted octanol–water partition coefficient (Wildman–Crippen LogP) is 0.787. The number of hydrogen-bond acceptors (Lipinski definition) is 5. The second-order valence-corrected chi connectivity index (χ2v) is 10.0. The summed E-state index contributed by atoms with van der Waals surface area (Å²) in [6.07, 6.45) is 3.24. The number of benzene rings is 1. The van der Waals surface area contributed by atoms with Crippen molar-refractivity contribution in [1.29, 1.82) is 0 Å². The molecule has 0 radical (unpaired) electrons. The number of nitrogens with one attached hydrogen (secondary N) is 1. The molecule has 0 unspecified atom stereocenters. The van der Waals surface area contributed by atoms with Crippen LogP contribution < -0.4 is 11.1 Å². The van der Waals surface area contributed by atoms with Crippen LogP contribution in [0.15, 0.2) is 29.2 Å². The third kappa shape index (κ3) is 5.55. The minimum atomic E-state index is -3.51. The van der Waals surface area contributed by atoms with Gasteiger partial charge in [0.2, 0.25) is 15.9 Å². The van der Waals surface area contributed by atoms with Crippen molar-refractivity contribution < 1.29 is 18.0 Å². The summed E-state index contributed by atoms with van der Waals surface area (Å²) in [5, 5.41) is 2.99. The third-order valence-corrected chi connectivity index (χ3v) is 7.71. The van der Waals surface area contributed by atoms with E-state index >= 15 is 0 Å². The average molecular weight is 423 g/mol. The number of nitrogens with two attached hydrogens (primary N) is 1. The summed E-state index contributed by atoms with van der Waals surface area (Å²) in [5.41, 5.74) is 5.66. The number of hydrogen-bond donors (Lipinski definition) is 2. The van der Waals surface area contributed by atoms with Crippen LogP contribution in [0.3, 0.4) is 0 Å². The molecule has 8 nitrogen and oxygen atoms in total. The van der Waals surface area contributed by atoms with Crippen molar-refractivity contribution >= 4 is 21.8 Å². The molecule has 0 atom stereocenters. The lowest BCUT2D eigenvalue weighted by Gasteiger charge is -2.31.